The Labute approximate surface area is 200 Å². The third-order valence-corrected chi connectivity index (χ3v) is 7.40. The van der Waals surface area contributed by atoms with E-state index in [9.17, 15) is 17.6 Å². The molecule has 1 heterocycles. The molecule has 0 aliphatic rings. The Morgan fingerprint density at radius 1 is 1.09 bits per heavy atom. The molecule has 0 bridgehead atoms. The van der Waals surface area contributed by atoms with E-state index in [0.717, 1.165) is 28.1 Å². The molecule has 0 atom stereocenters. The van der Waals surface area contributed by atoms with E-state index in [4.69, 9.17) is 4.74 Å². The van der Waals surface area contributed by atoms with E-state index >= 15 is 0 Å². The average molecular weight is 500 g/mol. The molecule has 4 aromatic rings. The summed E-state index contributed by atoms with van der Waals surface area (Å²) in [7, 11) is -3.94. The van der Waals surface area contributed by atoms with Crippen LogP contribution in [-0.2, 0) is 16.6 Å². The third-order valence-electron chi connectivity index (χ3n) is 4.96. The van der Waals surface area contributed by atoms with E-state index in [1.54, 1.807) is 12.1 Å². The zero-order valence-electron chi connectivity index (χ0n) is 18.5. The number of sulfonamides is 1. The van der Waals surface area contributed by atoms with Crippen molar-refractivity contribution >= 4 is 43.2 Å². The van der Waals surface area contributed by atoms with Crippen molar-refractivity contribution in [2.24, 2.45) is 4.99 Å². The minimum Gasteiger partial charge on any atom is -0.494 e. The maximum absolute atomic E-state index is 13.1. The molecule has 0 aliphatic carbocycles. The summed E-state index contributed by atoms with van der Waals surface area (Å²) in [6.45, 7) is 5.06. The van der Waals surface area contributed by atoms with Gasteiger partial charge in [0.2, 0.25) is 0 Å². The average Bonchev–Trinajstić information content (AvgIpc) is 3.15. The van der Waals surface area contributed by atoms with Crippen LogP contribution in [0.1, 0.15) is 24.2 Å². The molecular weight excluding hydrogens is 477 g/mol. The first-order valence-electron chi connectivity index (χ1n) is 10.5. The Balaban J connectivity index is 1.65. The quantitative estimate of drug-likeness (QED) is 0.395. The van der Waals surface area contributed by atoms with Gasteiger partial charge in [-0.2, -0.15) is 4.99 Å². The highest BCUT2D eigenvalue weighted by Crippen LogP contribution is 2.24. The van der Waals surface area contributed by atoms with Crippen LogP contribution in [0.25, 0.3) is 10.2 Å². The molecular formula is C24H22FN3O4S2. The number of nitrogens with zero attached hydrogens (tertiary/aromatic N) is 2. The Hall–Kier alpha value is -3.50. The SMILES string of the molecule is CCOc1ccc2c(c1)sc(=NC(=O)c1cccc(NS(=O)(=O)c3ccc(F)cc3)c1)n2CC. The summed E-state index contributed by atoms with van der Waals surface area (Å²) in [4.78, 5) is 17.7. The molecule has 7 nitrogen and oxygen atoms in total. The van der Waals surface area contributed by atoms with Crippen LogP contribution in [0.5, 0.6) is 5.75 Å². The summed E-state index contributed by atoms with van der Waals surface area (Å²) < 4.78 is 49.2. The van der Waals surface area contributed by atoms with Crippen molar-refractivity contribution in [3.05, 3.63) is 82.9 Å². The molecule has 1 N–H and O–H groups in total. The van der Waals surface area contributed by atoms with E-state index in [1.807, 2.05) is 36.6 Å². The van der Waals surface area contributed by atoms with E-state index in [0.29, 0.717) is 18.0 Å². The summed E-state index contributed by atoms with van der Waals surface area (Å²) in [5.41, 5.74) is 1.38. The van der Waals surface area contributed by atoms with Crippen LogP contribution in [0.2, 0.25) is 0 Å². The smallest absolute Gasteiger partial charge is 0.279 e. The van der Waals surface area contributed by atoms with Crippen LogP contribution in [0.3, 0.4) is 0 Å². The van der Waals surface area contributed by atoms with Crippen LogP contribution in [0.4, 0.5) is 10.1 Å². The maximum atomic E-state index is 13.1. The summed E-state index contributed by atoms with van der Waals surface area (Å²) in [5, 5.41) is 0. The van der Waals surface area contributed by atoms with Crippen molar-refractivity contribution < 1.29 is 22.3 Å². The molecule has 0 unspecified atom stereocenters. The Morgan fingerprint density at radius 3 is 2.56 bits per heavy atom. The highest BCUT2D eigenvalue weighted by Gasteiger charge is 2.16. The topological polar surface area (TPSA) is 89.8 Å². The van der Waals surface area contributed by atoms with Gasteiger partial charge in [-0.3, -0.25) is 9.52 Å². The van der Waals surface area contributed by atoms with Crippen molar-refractivity contribution in [3.8, 4) is 5.75 Å². The molecule has 0 radical (unpaired) electrons. The highest BCUT2D eigenvalue weighted by molar-refractivity contribution is 7.92. The summed E-state index contributed by atoms with van der Waals surface area (Å²) in [5.74, 6) is -0.284. The van der Waals surface area contributed by atoms with Crippen LogP contribution in [0.15, 0.2) is 76.6 Å². The zero-order chi connectivity index (χ0) is 24.3. The number of hydrogen-bond donors (Lipinski definition) is 1. The molecule has 4 rings (SSSR count). The largest absolute Gasteiger partial charge is 0.494 e. The zero-order valence-corrected chi connectivity index (χ0v) is 20.1. The fraction of sp³-hybridized carbons (Fsp3) is 0.167. The number of hydrogen-bond acceptors (Lipinski definition) is 5. The number of fused-ring (bicyclic) bond motifs is 1. The molecule has 0 saturated heterocycles. The molecule has 0 fully saturated rings. The van der Waals surface area contributed by atoms with Gasteiger partial charge in [0.05, 0.1) is 21.7 Å². The molecule has 3 aromatic carbocycles. The van der Waals surface area contributed by atoms with Crippen molar-refractivity contribution in [1.82, 2.24) is 4.57 Å². The molecule has 34 heavy (non-hydrogen) atoms. The molecule has 10 heteroatoms. The van der Waals surface area contributed by atoms with Gasteiger partial charge >= 0.3 is 0 Å². The van der Waals surface area contributed by atoms with Crippen molar-refractivity contribution in [3.63, 3.8) is 0 Å². The summed E-state index contributed by atoms with van der Waals surface area (Å²) in [6, 6.07) is 16.3. The second-order valence-electron chi connectivity index (χ2n) is 7.25. The van der Waals surface area contributed by atoms with Crippen LogP contribution >= 0.6 is 11.3 Å². The lowest BCUT2D eigenvalue weighted by molar-refractivity contribution is 0.0998. The van der Waals surface area contributed by atoms with Crippen molar-refractivity contribution in [2.45, 2.75) is 25.3 Å². The number of benzene rings is 3. The first-order chi connectivity index (χ1) is 16.3. The number of aryl methyl sites for hydroxylation is 1. The van der Waals surface area contributed by atoms with Gasteiger partial charge in [0, 0.05) is 17.8 Å². The molecule has 0 aliphatic heterocycles. The molecule has 176 valence electrons. The summed E-state index contributed by atoms with van der Waals surface area (Å²) in [6.07, 6.45) is 0. The number of carbonyl (C=O) groups is 1. The van der Waals surface area contributed by atoms with Gasteiger partial charge in [0.1, 0.15) is 11.6 Å². The van der Waals surface area contributed by atoms with Gasteiger partial charge in [-0.25, -0.2) is 12.8 Å². The number of rotatable bonds is 7. The minimum absolute atomic E-state index is 0.0870. The Kier molecular flexibility index (Phi) is 6.80. The number of anilines is 1. The number of ether oxygens (including phenoxy) is 1. The van der Waals surface area contributed by atoms with Crippen molar-refractivity contribution in [2.75, 3.05) is 11.3 Å². The lowest BCUT2D eigenvalue weighted by Gasteiger charge is -2.08. The molecule has 0 spiro atoms. The molecule has 1 amide bonds. The Morgan fingerprint density at radius 2 is 1.85 bits per heavy atom. The summed E-state index contributed by atoms with van der Waals surface area (Å²) >= 11 is 1.38. The maximum Gasteiger partial charge on any atom is 0.279 e. The van der Waals surface area contributed by atoms with Gasteiger partial charge < -0.3 is 9.30 Å². The second-order valence-corrected chi connectivity index (χ2v) is 9.94. The van der Waals surface area contributed by atoms with Gasteiger partial charge in [-0.15, -0.1) is 0 Å². The standard InChI is InChI=1S/C24H22FN3O4S2/c1-3-28-21-13-10-19(32-4-2)15-22(21)33-24(28)26-23(29)16-6-5-7-18(14-16)27-34(30,31)20-11-8-17(25)9-12-20/h5-15,27H,3-4H2,1-2H3. The van der Waals surface area contributed by atoms with Gasteiger partial charge in [0.25, 0.3) is 15.9 Å². The molecule has 1 aromatic heterocycles. The first kappa shape index (κ1) is 23.7. The normalized spacial score (nSPS) is 12.1. The van der Waals surface area contributed by atoms with Gasteiger partial charge in [0.15, 0.2) is 4.80 Å². The number of carbonyl (C=O) groups excluding carboxylic acids is 1. The predicted molar refractivity (Wildman–Crippen MR) is 130 cm³/mol. The number of nitrogens with one attached hydrogen (secondary N) is 1. The van der Waals surface area contributed by atoms with E-state index in [2.05, 4.69) is 9.71 Å². The van der Waals surface area contributed by atoms with E-state index in [-0.39, 0.29) is 16.1 Å². The number of thiazole rings is 1. The van der Waals surface area contributed by atoms with E-state index in [1.165, 1.54) is 35.6 Å². The van der Waals surface area contributed by atoms with Crippen LogP contribution in [-0.4, -0.2) is 25.5 Å². The van der Waals surface area contributed by atoms with E-state index < -0.39 is 21.7 Å². The second kappa shape index (κ2) is 9.78. The minimum atomic E-state index is -3.94. The van der Waals surface area contributed by atoms with Gasteiger partial charge in [-0.1, -0.05) is 17.4 Å². The first-order valence-corrected chi connectivity index (χ1v) is 12.8. The fourth-order valence-electron chi connectivity index (χ4n) is 3.40. The monoisotopic (exact) mass is 499 g/mol. The number of halogens is 1. The lowest BCUT2D eigenvalue weighted by atomic mass is 10.2. The predicted octanol–water partition coefficient (Wildman–Crippen LogP) is 4.80. The van der Waals surface area contributed by atoms with Crippen molar-refractivity contribution in [1.29, 1.82) is 0 Å². The van der Waals surface area contributed by atoms with Crippen LogP contribution < -0.4 is 14.3 Å². The van der Waals surface area contributed by atoms with Crippen LogP contribution in [0, 0.1) is 5.82 Å². The fourth-order valence-corrected chi connectivity index (χ4v) is 5.57. The Bertz CT molecular complexity index is 1520. The lowest BCUT2D eigenvalue weighted by Crippen LogP contribution is -2.16. The number of amides is 1. The number of aromatic nitrogens is 1. The van der Waals surface area contributed by atoms with Gasteiger partial charge in [-0.05, 0) is 74.5 Å². The molecule has 0 saturated carbocycles. The highest BCUT2D eigenvalue weighted by atomic mass is 32.2. The third kappa shape index (κ3) is 5.02.